The molecule has 2 aromatic carbocycles. The summed E-state index contributed by atoms with van der Waals surface area (Å²) in [6, 6.07) is 14.4. The van der Waals surface area contributed by atoms with Crippen LogP contribution in [0, 0.1) is 5.92 Å². The topological polar surface area (TPSA) is 46.3 Å². The van der Waals surface area contributed by atoms with Crippen LogP contribution < -0.4 is 5.73 Å². The van der Waals surface area contributed by atoms with E-state index in [-0.39, 0.29) is 11.8 Å². The van der Waals surface area contributed by atoms with Crippen LogP contribution in [0.25, 0.3) is 10.8 Å². The molecule has 2 rings (SSSR count). The van der Waals surface area contributed by atoms with Crippen molar-refractivity contribution in [1.29, 1.82) is 0 Å². The van der Waals surface area contributed by atoms with E-state index in [9.17, 15) is 4.79 Å². The molecule has 1 unspecified atom stereocenters. The number of primary amides is 1. The van der Waals surface area contributed by atoms with Gasteiger partial charge in [0.2, 0.25) is 5.91 Å². The monoisotopic (exact) mass is 298 g/mol. The highest BCUT2D eigenvalue weighted by molar-refractivity contribution is 5.95. The molecule has 2 N–H and O–H groups in total. The van der Waals surface area contributed by atoms with Gasteiger partial charge in [-0.2, -0.15) is 0 Å². The summed E-state index contributed by atoms with van der Waals surface area (Å²) >= 11 is 0. The number of hydrogen-bond donors (Lipinski definition) is 1. The molecule has 0 aliphatic heterocycles. The Labute approximate surface area is 133 Å². The second-order valence-corrected chi connectivity index (χ2v) is 6.57. The Morgan fingerprint density at radius 3 is 2.36 bits per heavy atom. The highest BCUT2D eigenvalue weighted by Gasteiger charge is 2.42. The van der Waals surface area contributed by atoms with Crippen LogP contribution in [-0.2, 0) is 10.2 Å². The van der Waals surface area contributed by atoms with E-state index in [0.29, 0.717) is 0 Å². The normalized spacial score (nSPS) is 14.5. The molecule has 3 nitrogen and oxygen atoms in total. The maximum atomic E-state index is 12.5. The van der Waals surface area contributed by atoms with Crippen molar-refractivity contribution in [2.45, 2.75) is 25.7 Å². The van der Waals surface area contributed by atoms with Crippen LogP contribution in [0.1, 0.15) is 25.8 Å². The van der Waals surface area contributed by atoms with Crippen molar-refractivity contribution in [2.24, 2.45) is 11.7 Å². The molecule has 1 atom stereocenters. The molecule has 3 heteroatoms. The molecule has 0 spiro atoms. The lowest BCUT2D eigenvalue weighted by Crippen LogP contribution is -2.47. The summed E-state index contributed by atoms with van der Waals surface area (Å²) in [4.78, 5) is 14.6. The van der Waals surface area contributed by atoms with Crippen molar-refractivity contribution < 1.29 is 4.79 Å². The number of carbonyl (C=O) groups is 1. The van der Waals surface area contributed by atoms with E-state index in [1.807, 2.05) is 32.3 Å². The summed E-state index contributed by atoms with van der Waals surface area (Å²) in [6.07, 6.45) is 0.723. The number of carbonyl (C=O) groups excluding carboxylic acids is 1. The first-order valence-electron chi connectivity index (χ1n) is 7.82. The predicted molar refractivity (Wildman–Crippen MR) is 92.8 cm³/mol. The molecule has 22 heavy (non-hydrogen) atoms. The van der Waals surface area contributed by atoms with Gasteiger partial charge in [-0.1, -0.05) is 56.3 Å². The highest BCUT2D eigenvalue weighted by atomic mass is 16.1. The zero-order valence-electron chi connectivity index (χ0n) is 14.0. The Balaban J connectivity index is 2.68. The fourth-order valence-corrected chi connectivity index (χ4v) is 3.29. The maximum Gasteiger partial charge on any atom is 0.228 e. The molecule has 0 radical (unpaired) electrons. The lowest BCUT2D eigenvalue weighted by atomic mass is 9.67. The zero-order chi connectivity index (χ0) is 16.3. The summed E-state index contributed by atoms with van der Waals surface area (Å²) in [5.41, 5.74) is 6.33. The maximum absolute atomic E-state index is 12.5. The standard InChI is InChI=1S/C19H26N2O/c1-14(2)19(18(20)22,12-13-21(3)4)17-11-7-9-15-8-5-6-10-16(15)17/h5-11,14H,12-13H2,1-4H3,(H2,20,22). The van der Waals surface area contributed by atoms with E-state index in [2.05, 4.69) is 43.0 Å². The minimum atomic E-state index is -0.648. The second kappa shape index (κ2) is 6.49. The molecule has 0 saturated heterocycles. The third-order valence-corrected chi connectivity index (χ3v) is 4.65. The van der Waals surface area contributed by atoms with Gasteiger partial charge < -0.3 is 10.6 Å². The van der Waals surface area contributed by atoms with Gasteiger partial charge in [-0.05, 0) is 49.3 Å². The van der Waals surface area contributed by atoms with Crippen molar-refractivity contribution in [3.05, 3.63) is 48.0 Å². The first-order valence-corrected chi connectivity index (χ1v) is 7.82. The minimum absolute atomic E-state index is 0.135. The molecular formula is C19H26N2O. The van der Waals surface area contributed by atoms with Crippen molar-refractivity contribution >= 4 is 16.7 Å². The summed E-state index contributed by atoms with van der Waals surface area (Å²) in [6.45, 7) is 4.99. The third kappa shape index (κ3) is 2.86. The summed E-state index contributed by atoms with van der Waals surface area (Å²) in [5.74, 6) is -0.101. The Morgan fingerprint density at radius 2 is 1.77 bits per heavy atom. The van der Waals surface area contributed by atoms with E-state index in [1.54, 1.807) is 0 Å². The minimum Gasteiger partial charge on any atom is -0.369 e. The van der Waals surface area contributed by atoms with Gasteiger partial charge in [0.05, 0.1) is 5.41 Å². The van der Waals surface area contributed by atoms with Gasteiger partial charge in [0.1, 0.15) is 0 Å². The summed E-state index contributed by atoms with van der Waals surface area (Å²) in [7, 11) is 4.05. The van der Waals surface area contributed by atoms with Gasteiger partial charge in [0, 0.05) is 0 Å². The summed E-state index contributed by atoms with van der Waals surface area (Å²) < 4.78 is 0. The molecular weight excluding hydrogens is 272 g/mol. The number of rotatable bonds is 6. The molecule has 0 aliphatic carbocycles. The van der Waals surface area contributed by atoms with Crippen molar-refractivity contribution in [3.8, 4) is 0 Å². The molecule has 0 aliphatic rings. The number of amides is 1. The van der Waals surface area contributed by atoms with Crippen molar-refractivity contribution in [2.75, 3.05) is 20.6 Å². The average molecular weight is 298 g/mol. The molecule has 0 bridgehead atoms. The Hall–Kier alpha value is -1.87. The smallest absolute Gasteiger partial charge is 0.228 e. The van der Waals surface area contributed by atoms with E-state index in [0.717, 1.165) is 29.3 Å². The molecule has 0 heterocycles. The van der Waals surface area contributed by atoms with Gasteiger partial charge >= 0.3 is 0 Å². The van der Waals surface area contributed by atoms with E-state index < -0.39 is 5.41 Å². The Bertz CT molecular complexity index is 658. The van der Waals surface area contributed by atoms with Crippen LogP contribution in [0.15, 0.2) is 42.5 Å². The molecule has 2 aromatic rings. The van der Waals surface area contributed by atoms with Crippen molar-refractivity contribution in [1.82, 2.24) is 4.90 Å². The SMILES string of the molecule is CC(C)C(CCN(C)C)(C(N)=O)c1cccc2ccccc12. The van der Waals surface area contributed by atoms with Crippen LogP contribution in [0.4, 0.5) is 0 Å². The fraction of sp³-hybridized carbons (Fsp3) is 0.421. The van der Waals surface area contributed by atoms with Crippen LogP contribution in [-0.4, -0.2) is 31.4 Å². The molecule has 0 aromatic heterocycles. The van der Waals surface area contributed by atoms with Crippen LogP contribution in [0.2, 0.25) is 0 Å². The molecule has 118 valence electrons. The lowest BCUT2D eigenvalue weighted by Gasteiger charge is -2.37. The number of benzene rings is 2. The van der Waals surface area contributed by atoms with Crippen LogP contribution in [0.5, 0.6) is 0 Å². The first kappa shape index (κ1) is 16.5. The number of nitrogens with two attached hydrogens (primary N) is 1. The lowest BCUT2D eigenvalue weighted by molar-refractivity contribution is -0.125. The Kier molecular flexibility index (Phi) is 4.87. The van der Waals surface area contributed by atoms with Gasteiger partial charge in [-0.3, -0.25) is 4.79 Å². The quantitative estimate of drug-likeness (QED) is 0.890. The van der Waals surface area contributed by atoms with Crippen LogP contribution >= 0.6 is 0 Å². The fourth-order valence-electron chi connectivity index (χ4n) is 3.29. The third-order valence-electron chi connectivity index (χ3n) is 4.65. The zero-order valence-corrected chi connectivity index (χ0v) is 14.0. The predicted octanol–water partition coefficient (Wildman–Crippen LogP) is 3.17. The highest BCUT2D eigenvalue weighted by Crippen LogP contribution is 2.39. The first-order chi connectivity index (χ1) is 10.4. The number of hydrogen-bond acceptors (Lipinski definition) is 2. The van der Waals surface area contributed by atoms with E-state index in [1.165, 1.54) is 0 Å². The molecule has 1 amide bonds. The van der Waals surface area contributed by atoms with Gasteiger partial charge in [0.25, 0.3) is 0 Å². The van der Waals surface area contributed by atoms with Gasteiger partial charge in [0.15, 0.2) is 0 Å². The number of fused-ring (bicyclic) bond motifs is 1. The average Bonchev–Trinajstić information content (AvgIpc) is 2.47. The van der Waals surface area contributed by atoms with Crippen LogP contribution in [0.3, 0.4) is 0 Å². The molecule has 0 fully saturated rings. The van der Waals surface area contributed by atoms with Gasteiger partial charge in [-0.25, -0.2) is 0 Å². The molecule has 0 saturated carbocycles. The van der Waals surface area contributed by atoms with Gasteiger partial charge in [-0.15, -0.1) is 0 Å². The van der Waals surface area contributed by atoms with E-state index in [4.69, 9.17) is 5.73 Å². The number of nitrogens with zero attached hydrogens (tertiary/aromatic N) is 1. The summed E-state index contributed by atoms with van der Waals surface area (Å²) in [5, 5.41) is 2.27. The second-order valence-electron chi connectivity index (χ2n) is 6.57. The Morgan fingerprint density at radius 1 is 1.14 bits per heavy atom. The largest absolute Gasteiger partial charge is 0.369 e. The van der Waals surface area contributed by atoms with E-state index >= 15 is 0 Å². The van der Waals surface area contributed by atoms with Crippen molar-refractivity contribution in [3.63, 3.8) is 0 Å².